The summed E-state index contributed by atoms with van der Waals surface area (Å²) in [4.78, 5) is 48.8. The zero-order chi connectivity index (χ0) is 44.6. The Morgan fingerprint density at radius 2 is 1.16 bits per heavy atom. The number of aliphatic carboxylic acids is 4. The molecule has 0 spiro atoms. The summed E-state index contributed by atoms with van der Waals surface area (Å²) in [7, 11) is 0. The number of pyridine rings is 1. The number of aromatic nitrogens is 3. The molecule has 1 aromatic carbocycles. The van der Waals surface area contributed by atoms with Crippen LogP contribution in [0.15, 0.2) is 42.9 Å². The summed E-state index contributed by atoms with van der Waals surface area (Å²) >= 11 is 6.35. The lowest BCUT2D eigenvalue weighted by Crippen LogP contribution is -2.35. The lowest BCUT2D eigenvalue weighted by atomic mass is 10.0. The zero-order valence-electron chi connectivity index (χ0n) is 28.5. The van der Waals surface area contributed by atoms with Gasteiger partial charge in [0, 0.05) is 23.6 Å². The van der Waals surface area contributed by atoms with Crippen molar-refractivity contribution in [3.05, 3.63) is 59.0 Å². The van der Waals surface area contributed by atoms with Crippen molar-refractivity contribution >= 4 is 64.3 Å². The van der Waals surface area contributed by atoms with E-state index < -0.39 is 48.6 Å². The number of anilines is 5. The van der Waals surface area contributed by atoms with Crippen LogP contribution >= 0.6 is 11.6 Å². The minimum Gasteiger partial charge on any atom is -0.475 e. The highest BCUT2D eigenvalue weighted by molar-refractivity contribution is 6.32. The molecule has 1 saturated heterocycles. The Kier molecular flexibility index (Phi) is 18.7. The minimum atomic E-state index is -5.08. The molecule has 8 N–H and O–H groups in total. The van der Waals surface area contributed by atoms with Crippen molar-refractivity contribution in [3.8, 4) is 0 Å². The van der Waals surface area contributed by atoms with Crippen LogP contribution < -0.4 is 21.3 Å². The summed E-state index contributed by atoms with van der Waals surface area (Å²) in [6.07, 6.45) is -11.0. The van der Waals surface area contributed by atoms with E-state index in [1.165, 1.54) is 16.8 Å². The van der Waals surface area contributed by atoms with E-state index in [-0.39, 0.29) is 0 Å². The fourth-order valence-corrected chi connectivity index (χ4v) is 4.10. The lowest BCUT2D eigenvalue weighted by Gasteiger charge is -2.26. The van der Waals surface area contributed by atoms with Crippen LogP contribution in [0.2, 0.25) is 5.02 Å². The number of rotatable bonds is 2. The Morgan fingerprint density at radius 3 is 1.62 bits per heavy atom. The molecule has 0 unspecified atom stereocenters. The molecule has 6 bridgehead atoms. The second-order valence-electron chi connectivity index (χ2n) is 11.0. The normalized spacial score (nSPS) is 13.9. The van der Waals surface area contributed by atoms with Crippen LogP contribution in [0.4, 0.5) is 81.5 Å². The number of fused-ring (bicyclic) bond motifs is 6. The number of carbonyl (C=O) groups is 4. The number of carboxylic acids is 4. The fraction of sp³-hybridized carbons (Fsp3) is 0.367. The number of alkyl halides is 12. The molecule has 4 heterocycles. The highest BCUT2D eigenvalue weighted by atomic mass is 35.5. The third-order valence-corrected chi connectivity index (χ3v) is 6.79. The molecule has 0 amide bonds. The first-order chi connectivity index (χ1) is 26.5. The molecule has 0 saturated carbocycles. The van der Waals surface area contributed by atoms with Gasteiger partial charge < -0.3 is 41.7 Å². The Bertz CT molecular complexity index is 1760. The molecular weight excluding hydrogens is 850 g/mol. The summed E-state index contributed by atoms with van der Waals surface area (Å²) in [5.74, 6) is -9.98. The van der Waals surface area contributed by atoms with Crippen molar-refractivity contribution in [2.24, 2.45) is 0 Å². The summed E-state index contributed by atoms with van der Waals surface area (Å²) in [6, 6.07) is 9.00. The molecule has 58 heavy (non-hydrogen) atoms. The molecule has 15 nitrogen and oxygen atoms in total. The lowest BCUT2D eigenvalue weighted by molar-refractivity contribution is -0.193. The average Bonchev–Trinajstić information content (AvgIpc) is 3.10. The van der Waals surface area contributed by atoms with E-state index in [0.717, 1.165) is 50.1 Å². The van der Waals surface area contributed by atoms with Gasteiger partial charge in [-0.15, -0.1) is 0 Å². The molecule has 5 rings (SSSR count). The van der Waals surface area contributed by atoms with Gasteiger partial charge in [0.05, 0.1) is 18.1 Å². The van der Waals surface area contributed by atoms with Gasteiger partial charge in [0.2, 0.25) is 5.95 Å². The number of benzene rings is 1. The fourth-order valence-electron chi connectivity index (χ4n) is 3.96. The van der Waals surface area contributed by atoms with E-state index in [1.54, 1.807) is 12.4 Å². The summed E-state index contributed by atoms with van der Waals surface area (Å²) in [5, 5.41) is 42.7. The summed E-state index contributed by atoms with van der Waals surface area (Å²) in [6.45, 7) is 2.12. The van der Waals surface area contributed by atoms with Gasteiger partial charge in [-0.25, -0.2) is 24.2 Å². The van der Waals surface area contributed by atoms with Gasteiger partial charge in [0.25, 0.3) is 0 Å². The smallest absolute Gasteiger partial charge is 0.475 e. The number of aryl methyl sites for hydroxylation is 2. The highest BCUT2D eigenvalue weighted by Gasteiger charge is 2.40. The Labute approximate surface area is 321 Å². The van der Waals surface area contributed by atoms with Crippen LogP contribution in [0.1, 0.15) is 24.0 Å². The number of hydrogen-bond donors (Lipinski definition) is 8. The van der Waals surface area contributed by atoms with Crippen molar-refractivity contribution in [2.75, 3.05) is 29.0 Å². The second-order valence-corrected chi connectivity index (χ2v) is 11.4. The molecule has 0 radical (unpaired) electrons. The molecule has 2 aliphatic heterocycles. The molecule has 322 valence electrons. The van der Waals surface area contributed by atoms with Crippen molar-refractivity contribution in [3.63, 3.8) is 0 Å². The maximum absolute atomic E-state index is 10.6. The van der Waals surface area contributed by atoms with Crippen molar-refractivity contribution in [1.82, 2.24) is 20.3 Å². The number of hydrogen-bond acceptors (Lipinski definition) is 11. The van der Waals surface area contributed by atoms with E-state index in [0.29, 0.717) is 22.8 Å². The van der Waals surface area contributed by atoms with Crippen LogP contribution in [-0.4, -0.2) is 103 Å². The number of carboxylic acid groups (broad SMARTS) is 4. The van der Waals surface area contributed by atoms with E-state index in [4.69, 9.17) is 51.2 Å². The van der Waals surface area contributed by atoms with Crippen LogP contribution in [0, 0.1) is 0 Å². The quantitative estimate of drug-likeness (QED) is 0.124. The molecule has 2 aromatic heterocycles. The van der Waals surface area contributed by atoms with Gasteiger partial charge in [-0.3, -0.25) is 4.98 Å². The van der Waals surface area contributed by atoms with E-state index >= 15 is 0 Å². The molecule has 28 heteroatoms. The molecule has 1 fully saturated rings. The van der Waals surface area contributed by atoms with Gasteiger partial charge in [-0.2, -0.15) is 57.7 Å². The first-order valence-corrected chi connectivity index (χ1v) is 15.7. The van der Waals surface area contributed by atoms with Crippen LogP contribution in [0.25, 0.3) is 0 Å². The number of piperidine rings is 1. The maximum atomic E-state index is 10.6. The molecule has 0 aliphatic carbocycles. The van der Waals surface area contributed by atoms with Gasteiger partial charge in [0.1, 0.15) is 5.02 Å². The van der Waals surface area contributed by atoms with Gasteiger partial charge in [0.15, 0.2) is 5.82 Å². The molecule has 2 aliphatic rings. The maximum Gasteiger partial charge on any atom is 0.490 e. The summed E-state index contributed by atoms with van der Waals surface area (Å²) < 4.78 is 127. The molecule has 0 atom stereocenters. The zero-order valence-corrected chi connectivity index (χ0v) is 29.3. The molecular formula is C30H28ClF12N7O8. The van der Waals surface area contributed by atoms with E-state index in [1.807, 2.05) is 6.20 Å². The second kappa shape index (κ2) is 21.6. The number of nitrogens with zero attached hydrogens (tertiary/aromatic N) is 3. The predicted octanol–water partition coefficient (Wildman–Crippen LogP) is 6.81. The van der Waals surface area contributed by atoms with Crippen molar-refractivity contribution < 1.29 is 92.3 Å². The third kappa shape index (κ3) is 19.3. The molecule has 3 aromatic rings. The van der Waals surface area contributed by atoms with Crippen LogP contribution in [-0.2, 0) is 32.0 Å². The first-order valence-electron chi connectivity index (χ1n) is 15.3. The van der Waals surface area contributed by atoms with Crippen LogP contribution in [0.3, 0.4) is 0 Å². The monoisotopic (exact) mass is 877 g/mol. The van der Waals surface area contributed by atoms with Gasteiger partial charge >= 0.3 is 48.6 Å². The van der Waals surface area contributed by atoms with Gasteiger partial charge in [-0.05, 0) is 74.2 Å². The Balaban J connectivity index is 0.000000489. The largest absolute Gasteiger partial charge is 0.490 e. The van der Waals surface area contributed by atoms with Crippen molar-refractivity contribution in [2.45, 2.75) is 56.4 Å². The number of nitrogens with one attached hydrogen (secondary N) is 4. The number of halogens is 13. The topological polar surface area (TPSA) is 236 Å². The predicted molar refractivity (Wildman–Crippen MR) is 176 cm³/mol. The van der Waals surface area contributed by atoms with Gasteiger partial charge in [-0.1, -0.05) is 11.6 Å². The van der Waals surface area contributed by atoms with E-state index in [2.05, 4.69) is 60.5 Å². The average molecular weight is 878 g/mol. The summed E-state index contributed by atoms with van der Waals surface area (Å²) in [5.41, 5.74) is 5.44. The van der Waals surface area contributed by atoms with E-state index in [9.17, 15) is 52.7 Å². The Hall–Kier alpha value is -5.86. The Morgan fingerprint density at radius 1 is 0.672 bits per heavy atom. The van der Waals surface area contributed by atoms with Crippen LogP contribution in [0.5, 0.6) is 0 Å². The minimum absolute atomic E-state index is 0.473. The van der Waals surface area contributed by atoms with Crippen molar-refractivity contribution in [1.29, 1.82) is 0 Å². The third-order valence-electron chi connectivity index (χ3n) is 6.51. The SMILES string of the molecule is Clc1cnc2nc1Nc1ccc(NC3CCNCC3)c(c1)CCc1cncc(c1)N2.O=C(O)C(F)(F)F.O=C(O)C(F)(F)F.O=C(O)C(F)(F)F.O=C(O)C(F)(F)F. The standard InChI is InChI=1S/C22H24ClN7.4C2HF3O2/c23-19-13-26-22-29-18-9-14(11-25-12-18)1-2-15-10-17(28-21(19)30-22)3-4-20(15)27-16-5-7-24-8-6-16;4*3-2(4,5)1(6)7/h3-4,9-13,16,24,27H,1-2,5-8H2,(H2,26,28,29,30);4*(H,6,7). The first kappa shape index (κ1) is 50.2. The highest BCUT2D eigenvalue weighted by Crippen LogP contribution is 2.30.